The lowest BCUT2D eigenvalue weighted by Gasteiger charge is -2.12. The number of ether oxygens (including phenoxy) is 1. The van der Waals surface area contributed by atoms with Crippen LogP contribution in [0.25, 0.3) is 28.2 Å². The summed E-state index contributed by atoms with van der Waals surface area (Å²) in [5.41, 5.74) is 2.43. The van der Waals surface area contributed by atoms with Crippen LogP contribution in [0.5, 0.6) is 0 Å². The predicted octanol–water partition coefficient (Wildman–Crippen LogP) is 2.85. The van der Waals surface area contributed by atoms with E-state index in [-0.39, 0.29) is 12.2 Å². The van der Waals surface area contributed by atoms with Crippen LogP contribution >= 0.6 is 0 Å². The first kappa shape index (κ1) is 16.1. The van der Waals surface area contributed by atoms with Crippen molar-refractivity contribution in [3.05, 3.63) is 48.7 Å². The third-order valence-electron chi connectivity index (χ3n) is 4.89. The number of aryl methyl sites for hydroxylation is 1. The summed E-state index contributed by atoms with van der Waals surface area (Å²) >= 11 is 0. The van der Waals surface area contributed by atoms with Crippen molar-refractivity contribution in [1.29, 1.82) is 0 Å². The fourth-order valence-corrected chi connectivity index (χ4v) is 3.52. The molecule has 1 fully saturated rings. The Morgan fingerprint density at radius 3 is 2.81 bits per heavy atom. The second-order valence-corrected chi connectivity index (χ2v) is 6.77. The van der Waals surface area contributed by atoms with Crippen LogP contribution in [-0.2, 0) is 11.8 Å². The minimum Gasteiger partial charge on any atom is -0.367 e. The molecule has 5 heterocycles. The molecule has 0 aromatic carbocycles. The first-order chi connectivity index (χ1) is 13.2. The lowest BCUT2D eigenvalue weighted by Crippen LogP contribution is -2.10. The van der Waals surface area contributed by atoms with Gasteiger partial charge in [0.1, 0.15) is 11.8 Å². The maximum absolute atomic E-state index is 6.10. The van der Waals surface area contributed by atoms with Crippen molar-refractivity contribution in [3.8, 4) is 17.2 Å². The van der Waals surface area contributed by atoms with Crippen molar-refractivity contribution in [1.82, 2.24) is 34.5 Å². The number of hydrogen-bond acceptors (Lipinski definition) is 6. The molecule has 0 amide bonds. The molecule has 4 aromatic heterocycles. The minimum atomic E-state index is -0.0927. The second kappa shape index (κ2) is 6.24. The molecular formula is C19H19N7O. The van der Waals surface area contributed by atoms with E-state index in [9.17, 15) is 0 Å². The number of nitrogens with zero attached hydrogens (tertiary/aromatic N) is 7. The van der Waals surface area contributed by atoms with Crippen molar-refractivity contribution in [2.75, 3.05) is 0 Å². The molecule has 8 heteroatoms. The standard InChI is InChI=1S/C19H19N7O/c1-12-6-7-16(27-12)19-23-17(14-5-3-4-9-20-14)24-26(19)15-8-10-21-18-13(15)11-22-25(18)2/h3-5,8-12,16H,6-7H2,1-2H3. The minimum absolute atomic E-state index is 0.0927. The lowest BCUT2D eigenvalue weighted by atomic mass is 10.2. The van der Waals surface area contributed by atoms with Crippen LogP contribution in [0.15, 0.2) is 42.9 Å². The molecule has 0 saturated carbocycles. The normalized spacial score (nSPS) is 19.8. The van der Waals surface area contributed by atoms with Crippen molar-refractivity contribution < 1.29 is 4.74 Å². The van der Waals surface area contributed by atoms with Gasteiger partial charge in [0, 0.05) is 19.4 Å². The topological polar surface area (TPSA) is 83.5 Å². The number of aromatic nitrogens is 7. The summed E-state index contributed by atoms with van der Waals surface area (Å²) in [5, 5.41) is 10.0. The zero-order valence-corrected chi connectivity index (χ0v) is 15.1. The van der Waals surface area contributed by atoms with Crippen LogP contribution in [0.2, 0.25) is 0 Å². The Bertz CT molecular complexity index is 1100. The summed E-state index contributed by atoms with van der Waals surface area (Å²) in [5.74, 6) is 1.37. The third kappa shape index (κ3) is 2.69. The van der Waals surface area contributed by atoms with Crippen molar-refractivity contribution in [2.45, 2.75) is 32.0 Å². The fraction of sp³-hybridized carbons (Fsp3) is 0.316. The zero-order valence-electron chi connectivity index (χ0n) is 15.1. The molecule has 0 radical (unpaired) electrons. The highest BCUT2D eigenvalue weighted by atomic mass is 16.5. The molecule has 1 aliphatic heterocycles. The van der Waals surface area contributed by atoms with E-state index in [2.05, 4.69) is 22.0 Å². The third-order valence-corrected chi connectivity index (χ3v) is 4.89. The SMILES string of the molecule is CC1CCC(c2nc(-c3ccccn3)nn2-c2ccnc3c2cnn3C)O1. The Hall–Kier alpha value is -3.13. The van der Waals surface area contributed by atoms with E-state index in [0.717, 1.165) is 41.1 Å². The molecule has 4 aromatic rings. The number of fused-ring (bicyclic) bond motifs is 1. The monoisotopic (exact) mass is 361 g/mol. The maximum Gasteiger partial charge on any atom is 0.200 e. The van der Waals surface area contributed by atoms with Crippen LogP contribution in [0.3, 0.4) is 0 Å². The van der Waals surface area contributed by atoms with E-state index in [1.165, 1.54) is 0 Å². The Labute approximate surface area is 155 Å². The summed E-state index contributed by atoms with van der Waals surface area (Å²) in [7, 11) is 1.88. The zero-order chi connectivity index (χ0) is 18.4. The van der Waals surface area contributed by atoms with Crippen LogP contribution in [0.4, 0.5) is 0 Å². The Morgan fingerprint density at radius 1 is 1.11 bits per heavy atom. The quantitative estimate of drug-likeness (QED) is 0.558. The van der Waals surface area contributed by atoms with Gasteiger partial charge in [-0.3, -0.25) is 9.67 Å². The predicted molar refractivity (Wildman–Crippen MR) is 99.2 cm³/mol. The lowest BCUT2D eigenvalue weighted by molar-refractivity contribution is 0.0491. The molecular weight excluding hydrogens is 342 g/mol. The van der Waals surface area contributed by atoms with Gasteiger partial charge in [0.15, 0.2) is 11.5 Å². The smallest absolute Gasteiger partial charge is 0.200 e. The molecule has 2 atom stereocenters. The average molecular weight is 361 g/mol. The van der Waals surface area contributed by atoms with E-state index in [4.69, 9.17) is 14.8 Å². The van der Waals surface area contributed by atoms with E-state index in [0.29, 0.717) is 5.82 Å². The molecule has 27 heavy (non-hydrogen) atoms. The summed E-state index contributed by atoms with van der Waals surface area (Å²) in [6, 6.07) is 7.66. The van der Waals surface area contributed by atoms with Gasteiger partial charge in [0.2, 0.25) is 5.82 Å². The van der Waals surface area contributed by atoms with Gasteiger partial charge < -0.3 is 4.74 Å². The largest absolute Gasteiger partial charge is 0.367 e. The summed E-state index contributed by atoms with van der Waals surface area (Å²) in [4.78, 5) is 13.6. The van der Waals surface area contributed by atoms with Crippen molar-refractivity contribution >= 4 is 11.0 Å². The maximum atomic E-state index is 6.10. The van der Waals surface area contributed by atoms with E-state index in [1.54, 1.807) is 17.1 Å². The number of hydrogen-bond donors (Lipinski definition) is 0. The highest BCUT2D eigenvalue weighted by Crippen LogP contribution is 2.34. The molecule has 0 bridgehead atoms. The van der Waals surface area contributed by atoms with Crippen LogP contribution < -0.4 is 0 Å². The molecule has 2 unspecified atom stereocenters. The first-order valence-electron chi connectivity index (χ1n) is 9.01. The first-order valence-corrected chi connectivity index (χ1v) is 9.01. The van der Waals surface area contributed by atoms with Crippen LogP contribution in [-0.4, -0.2) is 40.6 Å². The summed E-state index contributed by atoms with van der Waals surface area (Å²) in [6.45, 7) is 2.09. The highest BCUT2D eigenvalue weighted by Gasteiger charge is 2.30. The van der Waals surface area contributed by atoms with Crippen molar-refractivity contribution in [3.63, 3.8) is 0 Å². The van der Waals surface area contributed by atoms with E-state index in [1.807, 2.05) is 42.2 Å². The summed E-state index contributed by atoms with van der Waals surface area (Å²) in [6.07, 6.45) is 7.37. The van der Waals surface area contributed by atoms with Gasteiger partial charge in [-0.1, -0.05) is 6.07 Å². The summed E-state index contributed by atoms with van der Waals surface area (Å²) < 4.78 is 9.71. The fourth-order valence-electron chi connectivity index (χ4n) is 3.52. The van der Waals surface area contributed by atoms with E-state index < -0.39 is 0 Å². The Morgan fingerprint density at radius 2 is 2.04 bits per heavy atom. The van der Waals surface area contributed by atoms with Gasteiger partial charge in [-0.25, -0.2) is 14.6 Å². The van der Waals surface area contributed by atoms with Gasteiger partial charge in [-0.15, -0.1) is 5.10 Å². The Balaban J connectivity index is 1.71. The molecule has 5 rings (SSSR count). The van der Waals surface area contributed by atoms with E-state index >= 15 is 0 Å². The molecule has 8 nitrogen and oxygen atoms in total. The highest BCUT2D eigenvalue weighted by molar-refractivity contribution is 5.84. The van der Waals surface area contributed by atoms with Gasteiger partial charge in [0.25, 0.3) is 0 Å². The second-order valence-electron chi connectivity index (χ2n) is 6.77. The van der Waals surface area contributed by atoms with Crippen molar-refractivity contribution in [2.24, 2.45) is 7.05 Å². The van der Waals surface area contributed by atoms with Crippen LogP contribution in [0.1, 0.15) is 31.7 Å². The number of rotatable bonds is 3. The molecule has 1 aliphatic rings. The molecule has 0 N–H and O–H groups in total. The molecule has 0 aliphatic carbocycles. The van der Waals surface area contributed by atoms with Gasteiger partial charge in [-0.2, -0.15) is 5.10 Å². The molecule has 1 saturated heterocycles. The average Bonchev–Trinajstić information content (AvgIpc) is 3.41. The van der Waals surface area contributed by atoms with Gasteiger partial charge in [-0.05, 0) is 38.0 Å². The van der Waals surface area contributed by atoms with Crippen LogP contribution in [0, 0.1) is 0 Å². The molecule has 136 valence electrons. The molecule has 0 spiro atoms. The Kier molecular flexibility index (Phi) is 3.71. The number of pyridine rings is 2. The van der Waals surface area contributed by atoms with Gasteiger partial charge in [0.05, 0.1) is 23.4 Å². The van der Waals surface area contributed by atoms with Gasteiger partial charge >= 0.3 is 0 Å².